The van der Waals surface area contributed by atoms with Crippen molar-refractivity contribution >= 4 is 23.2 Å². The minimum absolute atomic E-state index is 0.0106. The van der Waals surface area contributed by atoms with Crippen molar-refractivity contribution in [1.29, 1.82) is 0 Å². The van der Waals surface area contributed by atoms with Crippen LogP contribution >= 0.6 is 0 Å². The number of rotatable bonds is 4. The van der Waals surface area contributed by atoms with Gasteiger partial charge in [0.1, 0.15) is 11.7 Å². The Morgan fingerprint density at radius 1 is 0.794 bits per heavy atom. The van der Waals surface area contributed by atoms with Crippen LogP contribution in [0.4, 0.5) is 11.4 Å². The number of anilines is 2. The van der Waals surface area contributed by atoms with E-state index in [2.05, 4.69) is 32.9 Å². The van der Waals surface area contributed by atoms with Crippen LogP contribution < -0.4 is 14.7 Å². The molecule has 2 fully saturated rings. The molecule has 2 heterocycles. The highest BCUT2D eigenvalue weighted by atomic mass is 16.7. The van der Waals surface area contributed by atoms with Gasteiger partial charge in [-0.25, -0.2) is 9.96 Å². The van der Waals surface area contributed by atoms with Gasteiger partial charge in [-0.05, 0) is 52.9 Å². The summed E-state index contributed by atoms with van der Waals surface area (Å²) in [6.07, 6.45) is -0.887. The first kappa shape index (κ1) is 22.2. The molecule has 0 unspecified atom stereocenters. The molecule has 0 radical (unpaired) electrons. The third-order valence-electron chi connectivity index (χ3n) is 6.57. The van der Waals surface area contributed by atoms with Gasteiger partial charge in [-0.15, -0.1) is 0 Å². The highest BCUT2D eigenvalue weighted by Gasteiger charge is 2.60. The summed E-state index contributed by atoms with van der Waals surface area (Å²) in [4.78, 5) is 34.6. The minimum atomic E-state index is -0.887. The Hall–Kier alpha value is -3.64. The molecule has 0 aliphatic carbocycles. The van der Waals surface area contributed by atoms with Crippen LogP contribution in [0.2, 0.25) is 0 Å². The van der Waals surface area contributed by atoms with Crippen molar-refractivity contribution in [3.8, 4) is 5.75 Å². The van der Waals surface area contributed by atoms with Gasteiger partial charge >= 0.3 is 0 Å². The molecule has 0 bridgehead atoms. The zero-order valence-electron chi connectivity index (χ0n) is 19.8. The number of fused-ring (bicyclic) bond motifs is 1. The van der Waals surface area contributed by atoms with Crippen molar-refractivity contribution in [1.82, 2.24) is 0 Å². The molecular weight excluding hydrogens is 428 g/mol. The van der Waals surface area contributed by atoms with Gasteiger partial charge in [0.25, 0.3) is 5.91 Å². The maximum absolute atomic E-state index is 13.7. The molecule has 2 amide bonds. The van der Waals surface area contributed by atoms with Gasteiger partial charge in [0, 0.05) is 0 Å². The number of amides is 2. The number of para-hydroxylation sites is 1. The maximum Gasteiger partial charge on any atom is 0.266 e. The molecule has 174 valence electrons. The van der Waals surface area contributed by atoms with Crippen LogP contribution in [0.1, 0.15) is 37.9 Å². The number of carbonyl (C=O) groups is 2. The SMILES string of the molecule is COc1ccc(N2C(=O)[C@@H]3[C@@H](c4ccc(C(C)(C)C)cc4)N(c4ccccc4)O[C@H]3C2=O)cc1. The molecule has 2 aliphatic rings. The summed E-state index contributed by atoms with van der Waals surface area (Å²) in [7, 11) is 1.58. The zero-order valence-corrected chi connectivity index (χ0v) is 19.8. The van der Waals surface area contributed by atoms with Gasteiger partial charge in [0.2, 0.25) is 5.91 Å². The number of hydrogen-bond acceptors (Lipinski definition) is 5. The summed E-state index contributed by atoms with van der Waals surface area (Å²) in [5.74, 6) is -0.611. The maximum atomic E-state index is 13.7. The normalized spacial score (nSPS) is 22.3. The predicted octanol–water partition coefficient (Wildman–Crippen LogP) is 5.04. The first-order valence-electron chi connectivity index (χ1n) is 11.4. The Morgan fingerprint density at radius 3 is 2.03 bits per heavy atom. The Labute approximate surface area is 199 Å². The van der Waals surface area contributed by atoms with Crippen LogP contribution in [0.3, 0.4) is 0 Å². The summed E-state index contributed by atoms with van der Waals surface area (Å²) in [6, 6.07) is 24.4. The first-order valence-corrected chi connectivity index (χ1v) is 11.4. The fraction of sp³-hybridized carbons (Fsp3) is 0.286. The van der Waals surface area contributed by atoms with Crippen LogP contribution in [0.15, 0.2) is 78.9 Å². The zero-order chi connectivity index (χ0) is 24.0. The number of imide groups is 1. The van der Waals surface area contributed by atoms with Crippen molar-refractivity contribution in [2.45, 2.75) is 38.3 Å². The minimum Gasteiger partial charge on any atom is -0.497 e. The molecule has 0 aromatic heterocycles. The number of hydroxylamine groups is 1. The number of hydrogen-bond donors (Lipinski definition) is 0. The molecule has 0 saturated carbocycles. The summed E-state index contributed by atoms with van der Waals surface area (Å²) < 4.78 is 5.21. The third-order valence-corrected chi connectivity index (χ3v) is 6.57. The fourth-order valence-corrected chi connectivity index (χ4v) is 4.72. The summed E-state index contributed by atoms with van der Waals surface area (Å²) in [6.45, 7) is 6.50. The second-order valence-electron chi connectivity index (χ2n) is 9.74. The summed E-state index contributed by atoms with van der Waals surface area (Å²) in [5, 5.41) is 1.72. The van der Waals surface area contributed by atoms with Crippen LogP contribution in [0.25, 0.3) is 0 Å². The molecule has 2 saturated heterocycles. The molecule has 5 rings (SSSR count). The highest BCUT2D eigenvalue weighted by Crippen LogP contribution is 2.47. The van der Waals surface area contributed by atoms with E-state index >= 15 is 0 Å². The van der Waals surface area contributed by atoms with E-state index in [9.17, 15) is 9.59 Å². The average molecular weight is 457 g/mol. The topological polar surface area (TPSA) is 59.1 Å². The largest absolute Gasteiger partial charge is 0.497 e. The lowest BCUT2D eigenvalue weighted by Crippen LogP contribution is -2.37. The van der Waals surface area contributed by atoms with Crippen LogP contribution in [0, 0.1) is 5.92 Å². The fourth-order valence-electron chi connectivity index (χ4n) is 4.72. The molecular formula is C28H28N2O4. The summed E-state index contributed by atoms with van der Waals surface area (Å²) >= 11 is 0. The van der Waals surface area contributed by atoms with Crippen molar-refractivity contribution < 1.29 is 19.2 Å². The predicted molar refractivity (Wildman–Crippen MR) is 131 cm³/mol. The molecule has 3 aromatic rings. The van der Waals surface area contributed by atoms with Crippen molar-refractivity contribution in [3.63, 3.8) is 0 Å². The monoisotopic (exact) mass is 456 g/mol. The van der Waals surface area contributed by atoms with Crippen molar-refractivity contribution in [2.75, 3.05) is 17.1 Å². The van der Waals surface area contributed by atoms with Gasteiger partial charge in [-0.2, -0.15) is 0 Å². The lowest BCUT2D eigenvalue weighted by Gasteiger charge is -2.29. The first-order chi connectivity index (χ1) is 16.3. The Bertz CT molecular complexity index is 1200. The smallest absolute Gasteiger partial charge is 0.266 e. The molecule has 3 atom stereocenters. The molecule has 0 spiro atoms. The van der Waals surface area contributed by atoms with Gasteiger partial charge in [-0.3, -0.25) is 14.4 Å². The van der Waals surface area contributed by atoms with Gasteiger partial charge in [0.05, 0.1) is 24.5 Å². The second kappa shape index (κ2) is 8.29. The van der Waals surface area contributed by atoms with Crippen LogP contribution in [0.5, 0.6) is 5.75 Å². The summed E-state index contributed by atoms with van der Waals surface area (Å²) in [5.41, 5.74) is 3.46. The van der Waals surface area contributed by atoms with Crippen LogP contribution in [-0.4, -0.2) is 25.0 Å². The average Bonchev–Trinajstić information content (AvgIpc) is 3.35. The molecule has 6 heteroatoms. The molecule has 6 nitrogen and oxygen atoms in total. The van der Waals surface area contributed by atoms with Gasteiger partial charge in [0.15, 0.2) is 6.10 Å². The molecule has 34 heavy (non-hydrogen) atoms. The second-order valence-corrected chi connectivity index (χ2v) is 9.74. The lowest BCUT2D eigenvalue weighted by atomic mass is 9.84. The van der Waals surface area contributed by atoms with E-state index in [1.54, 1.807) is 36.4 Å². The standard InChI is InChI=1S/C28H28N2O4/c1-28(2,3)19-12-10-18(11-13-19)24-23-25(34-30(24)21-8-6-5-7-9-21)27(32)29(26(23)31)20-14-16-22(33-4)17-15-20/h5-17,23-25H,1-4H3/t23-,24-,25-/m1/s1. The van der Waals surface area contributed by atoms with Gasteiger partial charge < -0.3 is 4.74 Å². The van der Waals surface area contributed by atoms with Crippen LogP contribution in [-0.2, 0) is 19.8 Å². The van der Waals surface area contributed by atoms with Crippen molar-refractivity contribution in [2.24, 2.45) is 5.92 Å². The quantitative estimate of drug-likeness (QED) is 0.515. The number of carbonyl (C=O) groups excluding carboxylic acids is 2. The van der Waals surface area contributed by atoms with E-state index in [0.29, 0.717) is 11.4 Å². The van der Waals surface area contributed by atoms with E-state index in [-0.39, 0.29) is 17.2 Å². The lowest BCUT2D eigenvalue weighted by molar-refractivity contribution is -0.126. The number of methoxy groups -OCH3 is 1. The molecule has 0 N–H and O–H groups in total. The molecule has 3 aromatic carbocycles. The number of benzene rings is 3. The Kier molecular flexibility index (Phi) is 5.41. The number of nitrogens with zero attached hydrogens (tertiary/aromatic N) is 2. The highest BCUT2D eigenvalue weighted by molar-refractivity contribution is 6.23. The van der Waals surface area contributed by atoms with E-state index in [4.69, 9.17) is 9.57 Å². The van der Waals surface area contributed by atoms with E-state index in [1.807, 2.05) is 42.5 Å². The van der Waals surface area contributed by atoms with Gasteiger partial charge in [-0.1, -0.05) is 63.2 Å². The Morgan fingerprint density at radius 2 is 1.44 bits per heavy atom. The number of ether oxygens (including phenoxy) is 1. The van der Waals surface area contributed by atoms with E-state index in [1.165, 1.54) is 10.5 Å². The molecule has 2 aliphatic heterocycles. The van der Waals surface area contributed by atoms with E-state index < -0.39 is 18.1 Å². The van der Waals surface area contributed by atoms with Crippen molar-refractivity contribution in [3.05, 3.63) is 90.0 Å². The Balaban J connectivity index is 1.55. The third kappa shape index (κ3) is 3.64. The van der Waals surface area contributed by atoms with E-state index in [0.717, 1.165) is 11.3 Å².